The quantitative estimate of drug-likeness (QED) is 0.806. The molecule has 0 aliphatic heterocycles. The molecule has 1 aliphatic carbocycles. The average Bonchev–Trinajstić information content (AvgIpc) is 2.61. The summed E-state index contributed by atoms with van der Waals surface area (Å²) in [5, 5.41) is 14.4. The molecule has 82 valence electrons. The molecule has 0 amide bonds. The molecule has 0 atom stereocenters. The van der Waals surface area contributed by atoms with Crippen LogP contribution in [0.4, 0.5) is 0 Å². The van der Waals surface area contributed by atoms with Gasteiger partial charge in [0, 0.05) is 18.0 Å². The number of nitrogens with one attached hydrogen (secondary N) is 1. The molecule has 4 heteroatoms. The van der Waals surface area contributed by atoms with Gasteiger partial charge in [-0.2, -0.15) is 0 Å². The first-order chi connectivity index (χ1) is 7.23. The Hall–Kier alpha value is -0.870. The van der Waals surface area contributed by atoms with Gasteiger partial charge in [0.25, 0.3) is 0 Å². The van der Waals surface area contributed by atoms with Crippen LogP contribution < -0.4 is 5.32 Å². The maximum Gasteiger partial charge on any atom is 0.310 e. The minimum absolute atomic E-state index is 0.475. The lowest BCUT2D eigenvalue weighted by atomic mass is 9.69. The molecule has 0 aromatic carbocycles. The first kappa shape index (κ1) is 10.6. The molecular weight excluding hydrogens is 210 g/mol. The van der Waals surface area contributed by atoms with E-state index in [0.29, 0.717) is 6.54 Å². The molecule has 1 heterocycles. The number of thiophene rings is 1. The van der Waals surface area contributed by atoms with Crippen molar-refractivity contribution in [2.45, 2.75) is 25.8 Å². The number of hydrogen-bond acceptors (Lipinski definition) is 3. The van der Waals surface area contributed by atoms with Gasteiger partial charge in [-0.05, 0) is 24.3 Å². The van der Waals surface area contributed by atoms with Gasteiger partial charge >= 0.3 is 5.97 Å². The lowest BCUT2D eigenvalue weighted by molar-refractivity contribution is -0.154. The summed E-state index contributed by atoms with van der Waals surface area (Å²) in [5.74, 6) is -0.646. The molecular formula is C11H15NO2S. The summed E-state index contributed by atoms with van der Waals surface area (Å²) >= 11 is 1.70. The SMILES string of the molecule is O=C(O)C1(CNCc2cccs2)CCC1. The van der Waals surface area contributed by atoms with Crippen molar-refractivity contribution in [2.75, 3.05) is 6.54 Å². The van der Waals surface area contributed by atoms with Crippen molar-refractivity contribution in [1.82, 2.24) is 5.32 Å². The van der Waals surface area contributed by atoms with Crippen molar-refractivity contribution in [3.63, 3.8) is 0 Å². The van der Waals surface area contributed by atoms with E-state index in [0.717, 1.165) is 25.8 Å². The van der Waals surface area contributed by atoms with Crippen molar-refractivity contribution >= 4 is 17.3 Å². The Balaban J connectivity index is 1.80. The van der Waals surface area contributed by atoms with E-state index in [1.54, 1.807) is 11.3 Å². The summed E-state index contributed by atoms with van der Waals surface area (Å²) < 4.78 is 0. The third kappa shape index (κ3) is 2.21. The fourth-order valence-corrected chi connectivity index (χ4v) is 2.58. The van der Waals surface area contributed by atoms with Crippen molar-refractivity contribution < 1.29 is 9.90 Å². The maximum atomic E-state index is 11.1. The molecule has 0 radical (unpaired) electrons. The minimum atomic E-state index is -0.646. The van der Waals surface area contributed by atoms with E-state index < -0.39 is 11.4 Å². The largest absolute Gasteiger partial charge is 0.481 e. The highest BCUT2D eigenvalue weighted by Crippen LogP contribution is 2.40. The van der Waals surface area contributed by atoms with Gasteiger partial charge < -0.3 is 10.4 Å². The minimum Gasteiger partial charge on any atom is -0.481 e. The molecule has 1 aromatic heterocycles. The second-order valence-corrected chi connectivity index (χ2v) is 5.15. The number of aliphatic carboxylic acids is 1. The highest BCUT2D eigenvalue weighted by atomic mass is 32.1. The summed E-state index contributed by atoms with van der Waals surface area (Å²) in [7, 11) is 0. The van der Waals surface area contributed by atoms with Gasteiger partial charge in [0.2, 0.25) is 0 Å². The highest BCUT2D eigenvalue weighted by molar-refractivity contribution is 7.09. The average molecular weight is 225 g/mol. The molecule has 0 unspecified atom stereocenters. The van der Waals surface area contributed by atoms with E-state index in [4.69, 9.17) is 5.11 Å². The highest BCUT2D eigenvalue weighted by Gasteiger charge is 2.43. The lowest BCUT2D eigenvalue weighted by Gasteiger charge is -2.37. The van der Waals surface area contributed by atoms with Crippen molar-refractivity contribution in [1.29, 1.82) is 0 Å². The Kier molecular flexibility index (Phi) is 3.07. The lowest BCUT2D eigenvalue weighted by Crippen LogP contribution is -2.45. The molecule has 1 fully saturated rings. The smallest absolute Gasteiger partial charge is 0.310 e. The van der Waals surface area contributed by atoms with Crippen molar-refractivity contribution in [3.05, 3.63) is 22.4 Å². The monoisotopic (exact) mass is 225 g/mol. The first-order valence-electron chi connectivity index (χ1n) is 5.19. The van der Waals surface area contributed by atoms with E-state index in [2.05, 4.69) is 11.4 Å². The second-order valence-electron chi connectivity index (χ2n) is 4.12. The molecule has 0 saturated heterocycles. The number of hydrogen-bond donors (Lipinski definition) is 2. The van der Waals surface area contributed by atoms with E-state index in [1.807, 2.05) is 11.4 Å². The Morgan fingerprint density at radius 3 is 2.87 bits per heavy atom. The van der Waals surface area contributed by atoms with E-state index in [9.17, 15) is 4.79 Å². The van der Waals surface area contributed by atoms with Crippen LogP contribution in [0.15, 0.2) is 17.5 Å². The van der Waals surface area contributed by atoms with Crippen LogP contribution in [0.25, 0.3) is 0 Å². The van der Waals surface area contributed by atoms with Crippen molar-refractivity contribution in [3.8, 4) is 0 Å². The van der Waals surface area contributed by atoms with Gasteiger partial charge in [-0.1, -0.05) is 12.5 Å². The summed E-state index contributed by atoms with van der Waals surface area (Å²) in [6, 6.07) is 4.07. The Morgan fingerprint density at radius 1 is 1.60 bits per heavy atom. The van der Waals surface area contributed by atoms with Crippen molar-refractivity contribution in [2.24, 2.45) is 5.41 Å². The van der Waals surface area contributed by atoms with E-state index in [1.165, 1.54) is 4.88 Å². The zero-order chi connectivity index (χ0) is 10.7. The van der Waals surface area contributed by atoms with E-state index >= 15 is 0 Å². The van der Waals surface area contributed by atoms with Gasteiger partial charge in [0.15, 0.2) is 0 Å². The topological polar surface area (TPSA) is 49.3 Å². The predicted octanol–water partition coefficient (Wildman–Crippen LogP) is 2.09. The standard InChI is InChI=1S/C11H15NO2S/c13-10(14)11(4-2-5-11)8-12-7-9-3-1-6-15-9/h1,3,6,12H,2,4-5,7-8H2,(H,13,14). The van der Waals surface area contributed by atoms with Crippen LogP contribution in [0.3, 0.4) is 0 Å². The molecule has 3 nitrogen and oxygen atoms in total. The van der Waals surface area contributed by atoms with Crippen LogP contribution in [-0.2, 0) is 11.3 Å². The zero-order valence-electron chi connectivity index (χ0n) is 8.53. The normalized spacial score (nSPS) is 18.4. The fraction of sp³-hybridized carbons (Fsp3) is 0.545. The van der Waals surface area contributed by atoms with Crippen LogP contribution in [0.5, 0.6) is 0 Å². The number of carbonyl (C=O) groups is 1. The Morgan fingerprint density at radius 2 is 2.40 bits per heavy atom. The van der Waals surface area contributed by atoms with Gasteiger partial charge in [-0.15, -0.1) is 11.3 Å². The summed E-state index contributed by atoms with van der Waals surface area (Å²) in [6.45, 7) is 1.38. The molecule has 15 heavy (non-hydrogen) atoms. The molecule has 1 aliphatic rings. The van der Waals surface area contributed by atoms with Gasteiger partial charge in [-0.25, -0.2) is 0 Å². The van der Waals surface area contributed by atoms with Gasteiger partial charge in [0.1, 0.15) is 0 Å². The van der Waals surface area contributed by atoms with Gasteiger partial charge in [-0.3, -0.25) is 4.79 Å². The maximum absolute atomic E-state index is 11.1. The fourth-order valence-electron chi connectivity index (χ4n) is 1.91. The van der Waals surface area contributed by atoms with Gasteiger partial charge in [0.05, 0.1) is 5.41 Å². The number of rotatable bonds is 5. The molecule has 1 saturated carbocycles. The number of carboxylic acids is 1. The Labute approximate surface area is 93.1 Å². The Bertz CT molecular complexity index is 330. The van der Waals surface area contributed by atoms with E-state index in [-0.39, 0.29) is 0 Å². The molecule has 0 spiro atoms. The molecule has 0 bridgehead atoms. The summed E-state index contributed by atoms with van der Waals surface area (Å²) in [4.78, 5) is 12.3. The summed E-state index contributed by atoms with van der Waals surface area (Å²) in [6.07, 6.45) is 2.69. The molecule has 1 aromatic rings. The predicted molar refractivity (Wildman–Crippen MR) is 59.9 cm³/mol. The van der Waals surface area contributed by atoms with Crippen LogP contribution in [-0.4, -0.2) is 17.6 Å². The third-order valence-electron chi connectivity index (χ3n) is 3.11. The van der Waals surface area contributed by atoms with Crippen LogP contribution >= 0.6 is 11.3 Å². The zero-order valence-corrected chi connectivity index (χ0v) is 9.35. The molecule has 2 N–H and O–H groups in total. The first-order valence-corrected chi connectivity index (χ1v) is 6.07. The molecule has 2 rings (SSSR count). The third-order valence-corrected chi connectivity index (χ3v) is 3.98. The number of carboxylic acid groups (broad SMARTS) is 1. The summed E-state index contributed by atoms with van der Waals surface area (Å²) in [5.41, 5.74) is -0.475. The van der Waals surface area contributed by atoms with Crippen LogP contribution in [0.2, 0.25) is 0 Å². The van der Waals surface area contributed by atoms with Crippen LogP contribution in [0, 0.1) is 5.41 Å². The van der Waals surface area contributed by atoms with Crippen LogP contribution in [0.1, 0.15) is 24.1 Å². The second kappa shape index (κ2) is 4.33.